The molecule has 0 bridgehead atoms. The molecule has 1 aliphatic heterocycles. The van der Waals surface area contributed by atoms with Crippen LogP contribution in [0, 0.1) is 5.82 Å². The fourth-order valence-electron chi connectivity index (χ4n) is 2.76. The van der Waals surface area contributed by atoms with Gasteiger partial charge in [-0.25, -0.2) is 4.39 Å². The van der Waals surface area contributed by atoms with Crippen LogP contribution < -0.4 is 19.7 Å². The van der Waals surface area contributed by atoms with Gasteiger partial charge < -0.3 is 19.7 Å². The monoisotopic (exact) mass is 379 g/mol. The minimum atomic E-state index is -0.446. The van der Waals surface area contributed by atoms with Crippen molar-refractivity contribution >= 4 is 23.2 Å². The molecule has 1 unspecified atom stereocenters. The van der Waals surface area contributed by atoms with Gasteiger partial charge in [0.2, 0.25) is 0 Å². The van der Waals surface area contributed by atoms with E-state index < -0.39 is 5.82 Å². The smallest absolute Gasteiger partial charge is 0.282 e. The molecule has 5 nitrogen and oxygen atoms in total. The fraction of sp³-hybridized carbons (Fsp3) is 0.316. The number of para-hydroxylation sites is 2. The third kappa shape index (κ3) is 4.26. The van der Waals surface area contributed by atoms with Crippen LogP contribution in [-0.2, 0) is 4.79 Å². The minimum Gasteiger partial charge on any atom is -0.486 e. The van der Waals surface area contributed by atoms with E-state index in [1.807, 2.05) is 38.2 Å². The van der Waals surface area contributed by atoms with Crippen LogP contribution in [0.5, 0.6) is 11.5 Å². The van der Waals surface area contributed by atoms with Gasteiger partial charge in [-0.15, -0.1) is 0 Å². The number of nitrogens with one attached hydrogen (secondary N) is 2. The van der Waals surface area contributed by atoms with Crippen molar-refractivity contribution in [2.24, 2.45) is 0 Å². The number of benzene rings is 2. The number of ether oxygens (including phenoxy) is 2. The Morgan fingerprint density at radius 3 is 2.81 bits per heavy atom. The second-order valence-electron chi connectivity index (χ2n) is 6.38. The fourth-order valence-corrected chi connectivity index (χ4v) is 2.97. The van der Waals surface area contributed by atoms with Crippen LogP contribution >= 0.6 is 11.6 Å². The van der Waals surface area contributed by atoms with Gasteiger partial charge in [-0.05, 0) is 37.3 Å². The Morgan fingerprint density at radius 1 is 1.35 bits per heavy atom. The van der Waals surface area contributed by atoms with E-state index in [-0.39, 0.29) is 23.1 Å². The van der Waals surface area contributed by atoms with E-state index in [4.69, 9.17) is 21.1 Å². The van der Waals surface area contributed by atoms with Crippen molar-refractivity contribution in [2.75, 3.05) is 25.5 Å². The summed E-state index contributed by atoms with van der Waals surface area (Å²) >= 11 is 5.96. The second kappa shape index (κ2) is 7.93. The van der Waals surface area contributed by atoms with Gasteiger partial charge in [-0.3, -0.25) is 4.79 Å². The third-order valence-corrected chi connectivity index (χ3v) is 4.75. The Morgan fingerprint density at radius 2 is 2.08 bits per heavy atom. The molecule has 1 amide bonds. The van der Waals surface area contributed by atoms with Crippen LogP contribution in [0.15, 0.2) is 42.5 Å². The third-order valence-electron chi connectivity index (χ3n) is 4.44. The van der Waals surface area contributed by atoms with Crippen molar-refractivity contribution in [3.05, 3.63) is 53.3 Å². The molecule has 7 heteroatoms. The molecule has 0 fully saturated rings. The van der Waals surface area contributed by atoms with Gasteiger partial charge >= 0.3 is 0 Å². The summed E-state index contributed by atoms with van der Waals surface area (Å²) in [6, 6.07) is 11.0. The Labute approximate surface area is 156 Å². The van der Waals surface area contributed by atoms with E-state index >= 15 is 0 Å². The number of carbonyl (C=O) groups is 1. The highest BCUT2D eigenvalue weighted by Gasteiger charge is 2.29. The lowest BCUT2D eigenvalue weighted by Crippen LogP contribution is -3.15. The van der Waals surface area contributed by atoms with Crippen molar-refractivity contribution < 1.29 is 23.6 Å². The molecule has 0 saturated carbocycles. The Kier molecular flexibility index (Phi) is 5.64. The number of carbonyl (C=O) groups excluding carboxylic acids is 1. The van der Waals surface area contributed by atoms with E-state index in [2.05, 4.69) is 5.32 Å². The molecular formula is C19H21ClFN2O3+. The molecule has 2 aromatic rings. The highest BCUT2D eigenvalue weighted by atomic mass is 35.5. The van der Waals surface area contributed by atoms with Crippen LogP contribution in [0.3, 0.4) is 0 Å². The van der Waals surface area contributed by atoms with Crippen LogP contribution in [0.1, 0.15) is 6.92 Å². The van der Waals surface area contributed by atoms with Gasteiger partial charge in [0, 0.05) is 0 Å². The first kappa shape index (κ1) is 18.5. The molecule has 26 heavy (non-hydrogen) atoms. The Hall–Kier alpha value is -2.31. The predicted octanol–water partition coefficient (Wildman–Crippen LogP) is 2.16. The number of hydrogen-bond acceptors (Lipinski definition) is 3. The molecule has 3 atom stereocenters. The predicted molar refractivity (Wildman–Crippen MR) is 97.6 cm³/mol. The molecule has 0 radical (unpaired) electrons. The largest absolute Gasteiger partial charge is 0.486 e. The highest BCUT2D eigenvalue weighted by molar-refractivity contribution is 6.33. The van der Waals surface area contributed by atoms with Gasteiger partial charge in [-0.2, -0.15) is 0 Å². The lowest BCUT2D eigenvalue weighted by molar-refractivity contribution is -0.896. The average Bonchev–Trinajstić information content (AvgIpc) is 2.63. The number of hydrogen-bond donors (Lipinski definition) is 2. The molecule has 2 N–H and O–H groups in total. The standard InChI is InChI=1S/C19H20ClFN2O3/c1-12(19(24)22-16-8-7-13(21)9-15(16)20)23(2)10-14-11-25-17-5-3-4-6-18(17)26-14/h3-9,12,14H,10-11H2,1-2H3,(H,22,24)/p+1/t12-,14+/m0/s1. The normalized spacial score (nSPS) is 18.1. The number of quaternary nitrogens is 1. The average molecular weight is 380 g/mol. The van der Waals surface area contributed by atoms with E-state index in [0.29, 0.717) is 24.6 Å². The Balaban J connectivity index is 1.57. The summed E-state index contributed by atoms with van der Waals surface area (Å²) < 4.78 is 24.8. The quantitative estimate of drug-likeness (QED) is 0.837. The van der Waals surface area contributed by atoms with Gasteiger partial charge in [0.1, 0.15) is 19.0 Å². The molecule has 0 spiro atoms. The minimum absolute atomic E-state index is 0.144. The van der Waals surface area contributed by atoms with Crippen LogP contribution in [0.2, 0.25) is 5.02 Å². The maximum absolute atomic E-state index is 13.1. The van der Waals surface area contributed by atoms with E-state index in [0.717, 1.165) is 10.6 Å². The van der Waals surface area contributed by atoms with Crippen molar-refractivity contribution in [1.29, 1.82) is 0 Å². The number of fused-ring (bicyclic) bond motifs is 1. The zero-order valence-electron chi connectivity index (χ0n) is 14.6. The number of anilines is 1. The molecular weight excluding hydrogens is 359 g/mol. The van der Waals surface area contributed by atoms with Crippen molar-refractivity contribution in [3.8, 4) is 11.5 Å². The zero-order chi connectivity index (χ0) is 18.7. The number of rotatable bonds is 5. The topological polar surface area (TPSA) is 52.0 Å². The van der Waals surface area contributed by atoms with Gasteiger partial charge in [0.05, 0.1) is 17.8 Å². The highest BCUT2D eigenvalue weighted by Crippen LogP contribution is 2.30. The first-order valence-corrected chi connectivity index (χ1v) is 8.78. The molecule has 3 rings (SSSR count). The summed E-state index contributed by atoms with van der Waals surface area (Å²) in [5.41, 5.74) is 0.392. The summed E-state index contributed by atoms with van der Waals surface area (Å²) in [4.78, 5) is 13.4. The number of halogens is 2. The van der Waals surface area contributed by atoms with Gasteiger partial charge in [0.25, 0.3) is 5.91 Å². The molecule has 138 valence electrons. The number of likely N-dealkylation sites (N-methyl/N-ethyl adjacent to an activating group) is 1. The molecule has 0 aromatic heterocycles. The van der Waals surface area contributed by atoms with Crippen molar-refractivity contribution in [3.63, 3.8) is 0 Å². The summed E-state index contributed by atoms with van der Waals surface area (Å²) in [6.45, 7) is 2.85. The first-order chi connectivity index (χ1) is 12.4. The lowest BCUT2D eigenvalue weighted by Gasteiger charge is -2.29. The molecule has 0 saturated heterocycles. The van der Waals surface area contributed by atoms with E-state index in [1.165, 1.54) is 18.2 Å². The number of amides is 1. The maximum Gasteiger partial charge on any atom is 0.282 e. The van der Waals surface area contributed by atoms with Crippen molar-refractivity contribution in [2.45, 2.75) is 19.1 Å². The van der Waals surface area contributed by atoms with Gasteiger partial charge in [0.15, 0.2) is 23.6 Å². The Bertz CT molecular complexity index is 802. The molecule has 2 aromatic carbocycles. The van der Waals surface area contributed by atoms with Crippen LogP contribution in [0.4, 0.5) is 10.1 Å². The second-order valence-corrected chi connectivity index (χ2v) is 6.79. The van der Waals surface area contributed by atoms with E-state index in [9.17, 15) is 9.18 Å². The summed E-state index contributed by atoms with van der Waals surface area (Å²) in [5, 5.41) is 2.91. The first-order valence-electron chi connectivity index (χ1n) is 8.40. The summed E-state index contributed by atoms with van der Waals surface area (Å²) in [6.07, 6.45) is -0.144. The van der Waals surface area contributed by atoms with Crippen LogP contribution in [-0.4, -0.2) is 38.3 Å². The van der Waals surface area contributed by atoms with Crippen molar-refractivity contribution in [1.82, 2.24) is 0 Å². The maximum atomic E-state index is 13.1. The summed E-state index contributed by atoms with van der Waals surface area (Å²) in [7, 11) is 1.92. The van der Waals surface area contributed by atoms with Crippen LogP contribution in [0.25, 0.3) is 0 Å². The molecule has 1 aliphatic rings. The van der Waals surface area contributed by atoms with E-state index in [1.54, 1.807) is 0 Å². The summed E-state index contributed by atoms with van der Waals surface area (Å²) in [5.74, 6) is 0.802. The van der Waals surface area contributed by atoms with Gasteiger partial charge in [-0.1, -0.05) is 23.7 Å². The zero-order valence-corrected chi connectivity index (χ0v) is 15.3. The molecule has 1 heterocycles. The molecule has 0 aliphatic carbocycles. The SMILES string of the molecule is C[C@@H](C(=O)Nc1ccc(F)cc1Cl)[NH+](C)C[C@@H]1COc2ccccc2O1. The lowest BCUT2D eigenvalue weighted by atomic mass is 10.2.